The van der Waals surface area contributed by atoms with Crippen LogP contribution in [-0.4, -0.2) is 46.4 Å². The highest BCUT2D eigenvalue weighted by atomic mass is 32.2. The van der Waals surface area contributed by atoms with Crippen molar-refractivity contribution in [1.82, 2.24) is 15.4 Å². The van der Waals surface area contributed by atoms with Crippen LogP contribution in [0.15, 0.2) is 0 Å². The fraction of sp³-hybridized carbons (Fsp3) is 1.00. The van der Waals surface area contributed by atoms with Crippen molar-refractivity contribution in [3.05, 3.63) is 0 Å². The number of nitrogens with one attached hydrogen (secondary N) is 3. The Labute approximate surface area is 98.4 Å². The molecule has 0 radical (unpaired) electrons. The zero-order chi connectivity index (χ0) is 11.9. The number of hydrogen-bond acceptors (Lipinski definition) is 4. The highest BCUT2D eigenvalue weighted by molar-refractivity contribution is 7.89. The Hall–Kier alpha value is -0.170. The highest BCUT2D eigenvalue weighted by Crippen LogP contribution is 2.05. The maximum atomic E-state index is 11.3. The van der Waals surface area contributed by atoms with Gasteiger partial charge >= 0.3 is 0 Å². The summed E-state index contributed by atoms with van der Waals surface area (Å²) in [6.45, 7) is 4.72. The first-order valence-electron chi connectivity index (χ1n) is 6.05. The molecule has 0 aromatic heterocycles. The van der Waals surface area contributed by atoms with Gasteiger partial charge in [-0.2, -0.15) is 0 Å². The van der Waals surface area contributed by atoms with Crippen LogP contribution in [0.5, 0.6) is 0 Å². The lowest BCUT2D eigenvalue weighted by molar-refractivity contribution is 0.386. The quantitative estimate of drug-likeness (QED) is 0.540. The van der Waals surface area contributed by atoms with E-state index in [0.29, 0.717) is 19.1 Å². The lowest BCUT2D eigenvalue weighted by Gasteiger charge is -2.23. The topological polar surface area (TPSA) is 70.2 Å². The van der Waals surface area contributed by atoms with Gasteiger partial charge in [0.25, 0.3) is 0 Å². The van der Waals surface area contributed by atoms with Crippen LogP contribution in [0, 0.1) is 0 Å². The lowest BCUT2D eigenvalue weighted by Crippen LogP contribution is -2.43. The fourth-order valence-corrected chi connectivity index (χ4v) is 2.87. The summed E-state index contributed by atoms with van der Waals surface area (Å²) in [4.78, 5) is 0. The van der Waals surface area contributed by atoms with E-state index in [0.717, 1.165) is 13.1 Å². The minimum atomic E-state index is -3.07. The van der Waals surface area contributed by atoms with Crippen LogP contribution in [0.3, 0.4) is 0 Å². The molecule has 0 bridgehead atoms. The van der Waals surface area contributed by atoms with Crippen molar-refractivity contribution in [2.24, 2.45) is 0 Å². The van der Waals surface area contributed by atoms with E-state index in [1.54, 1.807) is 6.92 Å². The van der Waals surface area contributed by atoms with Gasteiger partial charge in [0.15, 0.2) is 0 Å². The maximum Gasteiger partial charge on any atom is 0.212 e. The Morgan fingerprint density at radius 1 is 1.38 bits per heavy atom. The Morgan fingerprint density at radius 3 is 2.81 bits per heavy atom. The summed E-state index contributed by atoms with van der Waals surface area (Å²) in [6, 6.07) is 0.510. The summed E-state index contributed by atoms with van der Waals surface area (Å²) in [5.74, 6) is 0.160. The Morgan fingerprint density at radius 2 is 2.19 bits per heavy atom. The van der Waals surface area contributed by atoms with E-state index < -0.39 is 10.0 Å². The number of hydrogen-bond donors (Lipinski definition) is 3. The smallest absolute Gasteiger partial charge is 0.212 e. The maximum absolute atomic E-state index is 11.3. The Kier molecular flexibility index (Phi) is 6.26. The molecule has 0 aliphatic carbocycles. The van der Waals surface area contributed by atoms with Gasteiger partial charge in [-0.25, -0.2) is 13.1 Å². The molecule has 0 amide bonds. The largest absolute Gasteiger partial charge is 0.314 e. The summed E-state index contributed by atoms with van der Waals surface area (Å²) >= 11 is 0. The third-order valence-corrected chi connectivity index (χ3v) is 4.19. The van der Waals surface area contributed by atoms with Crippen molar-refractivity contribution in [1.29, 1.82) is 0 Å². The minimum Gasteiger partial charge on any atom is -0.314 e. The van der Waals surface area contributed by atoms with Gasteiger partial charge in [0, 0.05) is 25.7 Å². The number of sulfonamides is 1. The van der Waals surface area contributed by atoms with E-state index in [1.165, 1.54) is 19.3 Å². The summed E-state index contributed by atoms with van der Waals surface area (Å²) in [5, 5.41) is 6.60. The van der Waals surface area contributed by atoms with Crippen molar-refractivity contribution in [2.45, 2.75) is 32.2 Å². The molecule has 1 fully saturated rings. The third-order valence-electron chi connectivity index (χ3n) is 2.71. The van der Waals surface area contributed by atoms with E-state index in [1.807, 2.05) is 0 Å². The predicted octanol–water partition coefficient (Wildman–Crippen LogP) is -0.343. The van der Waals surface area contributed by atoms with Gasteiger partial charge < -0.3 is 10.6 Å². The van der Waals surface area contributed by atoms with E-state index in [-0.39, 0.29) is 5.75 Å². The third kappa shape index (κ3) is 5.79. The average Bonchev–Trinajstić information content (AvgIpc) is 2.26. The van der Waals surface area contributed by atoms with Crippen molar-refractivity contribution in [2.75, 3.05) is 31.9 Å². The van der Waals surface area contributed by atoms with Crippen LogP contribution >= 0.6 is 0 Å². The molecule has 1 saturated heterocycles. The molecular formula is C10H23N3O2S. The molecule has 1 rings (SSSR count). The molecule has 0 saturated carbocycles. The van der Waals surface area contributed by atoms with Gasteiger partial charge in [0.05, 0.1) is 5.75 Å². The molecule has 1 aliphatic heterocycles. The first-order valence-corrected chi connectivity index (χ1v) is 7.70. The average molecular weight is 249 g/mol. The molecule has 6 heteroatoms. The molecule has 0 aromatic rings. The molecule has 1 atom stereocenters. The standard InChI is InChI=1S/C10H23N3O2S/c1-2-13-16(14,15)8-7-11-9-10-5-3-4-6-12-10/h10-13H,2-9H2,1H3. The Balaban J connectivity index is 2.06. The summed E-state index contributed by atoms with van der Waals surface area (Å²) in [6.07, 6.45) is 3.72. The lowest BCUT2D eigenvalue weighted by atomic mass is 10.1. The second kappa shape index (κ2) is 7.21. The second-order valence-electron chi connectivity index (χ2n) is 4.17. The van der Waals surface area contributed by atoms with Crippen molar-refractivity contribution in [3.63, 3.8) is 0 Å². The summed E-state index contributed by atoms with van der Waals surface area (Å²) in [7, 11) is -3.07. The van der Waals surface area contributed by atoms with Gasteiger partial charge in [-0.3, -0.25) is 0 Å². The first-order chi connectivity index (χ1) is 7.64. The Bertz CT molecular complexity index is 274. The summed E-state index contributed by atoms with van der Waals surface area (Å²) in [5.41, 5.74) is 0. The fourth-order valence-electron chi connectivity index (χ4n) is 1.87. The van der Waals surface area contributed by atoms with Gasteiger partial charge in [-0.1, -0.05) is 13.3 Å². The zero-order valence-corrected chi connectivity index (χ0v) is 10.8. The molecule has 16 heavy (non-hydrogen) atoms. The van der Waals surface area contributed by atoms with E-state index in [2.05, 4.69) is 15.4 Å². The molecule has 3 N–H and O–H groups in total. The molecule has 5 nitrogen and oxygen atoms in total. The molecule has 0 spiro atoms. The minimum absolute atomic E-state index is 0.160. The van der Waals surface area contributed by atoms with Gasteiger partial charge in [0.2, 0.25) is 10.0 Å². The van der Waals surface area contributed by atoms with E-state index in [4.69, 9.17) is 0 Å². The van der Waals surface area contributed by atoms with Crippen LogP contribution < -0.4 is 15.4 Å². The highest BCUT2D eigenvalue weighted by Gasteiger charge is 2.12. The number of rotatable bonds is 7. The van der Waals surface area contributed by atoms with Crippen molar-refractivity contribution >= 4 is 10.0 Å². The van der Waals surface area contributed by atoms with Gasteiger partial charge in [-0.15, -0.1) is 0 Å². The SMILES string of the molecule is CCNS(=O)(=O)CCNCC1CCCCN1. The first kappa shape index (κ1) is 13.9. The van der Waals surface area contributed by atoms with Crippen molar-refractivity contribution < 1.29 is 8.42 Å². The van der Waals surface area contributed by atoms with Crippen LogP contribution in [0.1, 0.15) is 26.2 Å². The zero-order valence-electron chi connectivity index (χ0n) is 9.96. The van der Waals surface area contributed by atoms with E-state index in [9.17, 15) is 8.42 Å². The van der Waals surface area contributed by atoms with Crippen LogP contribution in [0.2, 0.25) is 0 Å². The monoisotopic (exact) mass is 249 g/mol. The van der Waals surface area contributed by atoms with Gasteiger partial charge in [0.1, 0.15) is 0 Å². The van der Waals surface area contributed by atoms with Crippen molar-refractivity contribution in [3.8, 4) is 0 Å². The molecule has 1 aliphatic rings. The van der Waals surface area contributed by atoms with E-state index >= 15 is 0 Å². The van der Waals surface area contributed by atoms with Crippen LogP contribution in [-0.2, 0) is 10.0 Å². The molecule has 1 heterocycles. The molecule has 0 aromatic carbocycles. The number of piperidine rings is 1. The molecular weight excluding hydrogens is 226 g/mol. The second-order valence-corrected chi connectivity index (χ2v) is 6.09. The molecule has 96 valence electrons. The van der Waals surface area contributed by atoms with Crippen LogP contribution in [0.25, 0.3) is 0 Å². The molecule has 1 unspecified atom stereocenters. The normalized spacial score (nSPS) is 22.2. The van der Waals surface area contributed by atoms with Crippen LogP contribution in [0.4, 0.5) is 0 Å². The summed E-state index contributed by atoms with van der Waals surface area (Å²) < 4.78 is 25.1. The predicted molar refractivity (Wildman–Crippen MR) is 66.0 cm³/mol. The van der Waals surface area contributed by atoms with Gasteiger partial charge in [-0.05, 0) is 19.4 Å².